The van der Waals surface area contributed by atoms with Crippen LogP contribution in [0.5, 0.6) is 0 Å². The summed E-state index contributed by atoms with van der Waals surface area (Å²) in [5.74, 6) is 0.767. The van der Waals surface area contributed by atoms with Crippen LogP contribution >= 0.6 is 34.5 Å². The Balaban J connectivity index is 1.92. The normalized spacial score (nSPS) is 26.0. The lowest BCUT2D eigenvalue weighted by atomic mass is 9.78. The molecule has 0 spiro atoms. The van der Waals surface area contributed by atoms with Gasteiger partial charge in [0.1, 0.15) is 5.01 Å². The van der Waals surface area contributed by atoms with E-state index in [2.05, 4.69) is 6.92 Å². The van der Waals surface area contributed by atoms with Crippen molar-refractivity contribution in [2.75, 3.05) is 0 Å². The van der Waals surface area contributed by atoms with E-state index in [1.807, 2.05) is 17.5 Å². The maximum absolute atomic E-state index is 6.59. The molecule has 1 fully saturated rings. The lowest BCUT2D eigenvalue weighted by molar-refractivity contribution is 0.247. The highest BCUT2D eigenvalue weighted by molar-refractivity contribution is 7.10. The first-order valence-corrected chi connectivity index (χ1v) is 8.82. The first-order valence-electron chi connectivity index (χ1n) is 7.19. The highest BCUT2D eigenvalue weighted by atomic mass is 35.5. The van der Waals surface area contributed by atoms with Crippen LogP contribution in [-0.2, 0) is 5.54 Å². The first-order chi connectivity index (χ1) is 9.99. The fraction of sp³-hybridized carbons (Fsp3) is 0.438. The van der Waals surface area contributed by atoms with Crippen molar-refractivity contribution < 1.29 is 0 Å². The molecular formula is C16H18Cl2N2S. The Labute approximate surface area is 139 Å². The zero-order chi connectivity index (χ0) is 15.0. The van der Waals surface area contributed by atoms with Gasteiger partial charge in [-0.3, -0.25) is 0 Å². The van der Waals surface area contributed by atoms with E-state index in [9.17, 15) is 0 Å². The van der Waals surface area contributed by atoms with Gasteiger partial charge < -0.3 is 5.73 Å². The van der Waals surface area contributed by atoms with Crippen LogP contribution in [0.4, 0.5) is 0 Å². The van der Waals surface area contributed by atoms with Gasteiger partial charge in [-0.2, -0.15) is 0 Å². The number of halogens is 2. The van der Waals surface area contributed by atoms with E-state index in [1.54, 1.807) is 17.4 Å². The molecule has 1 aliphatic rings. The number of aromatic nitrogens is 1. The molecule has 3 rings (SSSR count). The standard InChI is InChI=1S/C16H18Cl2N2S/c1-10-5-7-16(19,8-6-10)15-20-13(9-21-15)11-3-2-4-12(17)14(11)18/h2-4,9-10H,5-8,19H2,1H3. The third kappa shape index (κ3) is 2.98. The summed E-state index contributed by atoms with van der Waals surface area (Å²) in [6.07, 6.45) is 4.35. The highest BCUT2D eigenvalue weighted by Gasteiger charge is 2.34. The third-order valence-corrected chi connectivity index (χ3v) is 6.21. The zero-order valence-electron chi connectivity index (χ0n) is 11.9. The molecule has 5 heteroatoms. The van der Waals surface area contributed by atoms with Crippen LogP contribution in [0.3, 0.4) is 0 Å². The van der Waals surface area contributed by atoms with Crippen molar-refractivity contribution in [3.63, 3.8) is 0 Å². The molecule has 0 amide bonds. The van der Waals surface area contributed by atoms with Gasteiger partial charge in [0.15, 0.2) is 0 Å². The molecule has 1 aromatic heterocycles. The highest BCUT2D eigenvalue weighted by Crippen LogP contribution is 2.41. The molecular weight excluding hydrogens is 323 g/mol. The van der Waals surface area contributed by atoms with E-state index in [0.717, 1.165) is 35.0 Å². The summed E-state index contributed by atoms with van der Waals surface area (Å²) in [5.41, 5.74) is 8.05. The van der Waals surface area contributed by atoms with Crippen molar-refractivity contribution >= 4 is 34.5 Å². The molecule has 21 heavy (non-hydrogen) atoms. The van der Waals surface area contributed by atoms with Crippen LogP contribution in [0, 0.1) is 5.92 Å². The molecule has 1 heterocycles. The predicted molar refractivity (Wildman–Crippen MR) is 91.1 cm³/mol. The van der Waals surface area contributed by atoms with E-state index >= 15 is 0 Å². The van der Waals surface area contributed by atoms with Gasteiger partial charge in [0.2, 0.25) is 0 Å². The number of nitrogens with zero attached hydrogens (tertiary/aromatic N) is 1. The minimum atomic E-state index is -0.277. The number of hydrogen-bond donors (Lipinski definition) is 1. The third-order valence-electron chi connectivity index (χ3n) is 4.32. The van der Waals surface area contributed by atoms with Crippen molar-refractivity contribution in [2.45, 2.75) is 38.1 Å². The molecule has 2 nitrogen and oxygen atoms in total. The van der Waals surface area contributed by atoms with Gasteiger partial charge in [0, 0.05) is 10.9 Å². The Morgan fingerprint density at radius 3 is 2.71 bits per heavy atom. The van der Waals surface area contributed by atoms with Crippen molar-refractivity contribution in [3.05, 3.63) is 38.6 Å². The summed E-state index contributed by atoms with van der Waals surface area (Å²) >= 11 is 14.0. The van der Waals surface area contributed by atoms with Crippen molar-refractivity contribution in [1.29, 1.82) is 0 Å². The predicted octanol–water partition coefficient (Wildman–Crippen LogP) is 5.48. The summed E-state index contributed by atoms with van der Waals surface area (Å²) < 4.78 is 0. The van der Waals surface area contributed by atoms with Gasteiger partial charge in [0.25, 0.3) is 0 Å². The molecule has 2 aromatic rings. The van der Waals surface area contributed by atoms with Gasteiger partial charge in [-0.05, 0) is 37.7 Å². The lowest BCUT2D eigenvalue weighted by Crippen LogP contribution is -2.40. The molecule has 112 valence electrons. The Morgan fingerprint density at radius 1 is 1.29 bits per heavy atom. The molecule has 0 radical (unpaired) electrons. The van der Waals surface area contributed by atoms with Crippen LogP contribution in [-0.4, -0.2) is 4.98 Å². The minimum absolute atomic E-state index is 0.277. The Kier molecular flexibility index (Phi) is 4.28. The summed E-state index contributed by atoms with van der Waals surface area (Å²) in [7, 11) is 0. The fourth-order valence-corrected chi connectivity index (χ4v) is 4.21. The monoisotopic (exact) mass is 340 g/mol. The molecule has 0 aliphatic heterocycles. The smallest absolute Gasteiger partial charge is 0.113 e. The lowest BCUT2D eigenvalue weighted by Gasteiger charge is -2.34. The molecule has 2 N–H and O–H groups in total. The molecule has 0 atom stereocenters. The van der Waals surface area contributed by atoms with Gasteiger partial charge in [-0.25, -0.2) is 4.98 Å². The zero-order valence-corrected chi connectivity index (χ0v) is 14.2. The molecule has 1 aromatic carbocycles. The van der Waals surface area contributed by atoms with Crippen molar-refractivity contribution in [1.82, 2.24) is 4.98 Å². The van der Waals surface area contributed by atoms with E-state index in [-0.39, 0.29) is 5.54 Å². The summed E-state index contributed by atoms with van der Waals surface area (Å²) in [5, 5.41) is 4.15. The van der Waals surface area contributed by atoms with Gasteiger partial charge in [0.05, 0.1) is 21.3 Å². The van der Waals surface area contributed by atoms with E-state index in [4.69, 9.17) is 33.9 Å². The van der Waals surface area contributed by atoms with Crippen LogP contribution in [0.15, 0.2) is 23.6 Å². The second-order valence-electron chi connectivity index (χ2n) is 5.98. The minimum Gasteiger partial charge on any atom is -0.319 e. The molecule has 0 unspecified atom stereocenters. The quantitative estimate of drug-likeness (QED) is 0.785. The number of nitrogens with two attached hydrogens (primary N) is 1. The molecule has 1 saturated carbocycles. The van der Waals surface area contributed by atoms with Gasteiger partial charge >= 0.3 is 0 Å². The maximum Gasteiger partial charge on any atom is 0.113 e. The van der Waals surface area contributed by atoms with Crippen LogP contribution in [0.25, 0.3) is 11.3 Å². The van der Waals surface area contributed by atoms with E-state index in [1.165, 1.54) is 12.8 Å². The average Bonchev–Trinajstić information content (AvgIpc) is 2.96. The van der Waals surface area contributed by atoms with Gasteiger partial charge in [-0.1, -0.05) is 42.3 Å². The average molecular weight is 341 g/mol. The number of thiazole rings is 1. The topological polar surface area (TPSA) is 38.9 Å². The fourth-order valence-electron chi connectivity index (χ4n) is 2.82. The number of benzene rings is 1. The number of hydrogen-bond acceptors (Lipinski definition) is 3. The first kappa shape index (κ1) is 15.3. The second-order valence-corrected chi connectivity index (χ2v) is 7.62. The summed E-state index contributed by atoms with van der Waals surface area (Å²) in [6, 6.07) is 5.62. The van der Waals surface area contributed by atoms with Gasteiger partial charge in [-0.15, -0.1) is 11.3 Å². The van der Waals surface area contributed by atoms with Crippen molar-refractivity contribution in [2.24, 2.45) is 11.7 Å². The van der Waals surface area contributed by atoms with Crippen LogP contribution in [0.2, 0.25) is 10.0 Å². The largest absolute Gasteiger partial charge is 0.319 e. The summed E-state index contributed by atoms with van der Waals surface area (Å²) in [6.45, 7) is 2.29. The van der Waals surface area contributed by atoms with Crippen LogP contribution < -0.4 is 5.73 Å². The Hall–Kier alpha value is -0.610. The second kappa shape index (κ2) is 5.88. The molecule has 0 saturated heterocycles. The SMILES string of the molecule is CC1CCC(N)(c2nc(-c3cccc(Cl)c3Cl)cs2)CC1. The summed E-state index contributed by atoms with van der Waals surface area (Å²) in [4.78, 5) is 4.75. The molecule has 0 bridgehead atoms. The van der Waals surface area contributed by atoms with E-state index < -0.39 is 0 Å². The van der Waals surface area contributed by atoms with E-state index in [0.29, 0.717) is 10.0 Å². The Bertz CT molecular complexity index is 645. The Morgan fingerprint density at radius 2 is 2.00 bits per heavy atom. The van der Waals surface area contributed by atoms with Crippen LogP contribution in [0.1, 0.15) is 37.6 Å². The number of rotatable bonds is 2. The maximum atomic E-state index is 6.59. The molecule has 1 aliphatic carbocycles. The van der Waals surface area contributed by atoms with Crippen molar-refractivity contribution in [3.8, 4) is 11.3 Å².